The number of H-pyrrole nitrogens is 1. The summed E-state index contributed by atoms with van der Waals surface area (Å²) in [5.41, 5.74) is 7.79. The van der Waals surface area contributed by atoms with Gasteiger partial charge in [-0.2, -0.15) is 0 Å². The van der Waals surface area contributed by atoms with E-state index in [9.17, 15) is 4.39 Å². The summed E-state index contributed by atoms with van der Waals surface area (Å²) >= 11 is 5.67. The molecule has 0 fully saturated rings. The Morgan fingerprint density at radius 3 is 2.93 bits per heavy atom. The molecule has 1 aromatic carbocycles. The van der Waals surface area contributed by atoms with Crippen molar-refractivity contribution in [1.82, 2.24) is 4.98 Å². The van der Waals surface area contributed by atoms with Crippen LogP contribution in [-0.2, 0) is 6.42 Å². The van der Waals surface area contributed by atoms with Crippen LogP contribution in [0.1, 0.15) is 5.56 Å². The number of hydrogen-bond donors (Lipinski definition) is 2. The van der Waals surface area contributed by atoms with Crippen LogP contribution in [-0.4, -0.2) is 4.98 Å². The lowest BCUT2D eigenvalue weighted by Gasteiger charge is -1.99. The van der Waals surface area contributed by atoms with Gasteiger partial charge in [0.2, 0.25) is 0 Å². The van der Waals surface area contributed by atoms with E-state index in [0.717, 1.165) is 16.5 Å². The number of benzene rings is 1. The van der Waals surface area contributed by atoms with Gasteiger partial charge in [0.05, 0.1) is 5.02 Å². The van der Waals surface area contributed by atoms with Crippen molar-refractivity contribution < 1.29 is 4.39 Å². The largest absolute Gasteiger partial charge is 0.402 e. The molecule has 1 aromatic heterocycles. The van der Waals surface area contributed by atoms with Crippen LogP contribution in [0.3, 0.4) is 0 Å². The molecule has 15 heavy (non-hydrogen) atoms. The van der Waals surface area contributed by atoms with Gasteiger partial charge in [-0.1, -0.05) is 18.2 Å². The number of hydrogen-bond acceptors (Lipinski definition) is 1. The van der Waals surface area contributed by atoms with Crippen LogP contribution in [0, 0.1) is 5.82 Å². The van der Waals surface area contributed by atoms with E-state index >= 15 is 0 Å². The van der Waals surface area contributed by atoms with Gasteiger partial charge in [0.15, 0.2) is 0 Å². The van der Waals surface area contributed by atoms with Crippen LogP contribution in [0.2, 0.25) is 5.02 Å². The summed E-state index contributed by atoms with van der Waals surface area (Å²) in [6.07, 6.45) is 2.32. The Labute approximate surface area is 91.5 Å². The van der Waals surface area contributed by atoms with Crippen molar-refractivity contribution in [3.8, 4) is 0 Å². The molecule has 0 saturated carbocycles. The van der Waals surface area contributed by atoms with Gasteiger partial charge in [-0.3, -0.25) is 0 Å². The normalized spacial score (nSPS) is 10.8. The molecule has 2 aromatic rings. The molecule has 1 heterocycles. The minimum absolute atomic E-state index is 0.113. The Hall–Kier alpha value is -1.48. The third-order valence-corrected chi connectivity index (χ3v) is 2.52. The highest BCUT2D eigenvalue weighted by molar-refractivity contribution is 6.31. The molecule has 78 valence electrons. The third kappa shape index (κ3) is 1.83. The minimum Gasteiger partial charge on any atom is -0.402 e. The maximum atomic E-state index is 13.2. The molecule has 0 unspecified atom stereocenters. The number of allylic oxidation sites excluding steroid dienone is 1. The summed E-state index contributed by atoms with van der Waals surface area (Å²) in [6.45, 7) is 3.62. The molecular weight excluding hydrogens is 215 g/mol. The van der Waals surface area contributed by atoms with Crippen molar-refractivity contribution in [2.24, 2.45) is 5.73 Å². The highest BCUT2D eigenvalue weighted by Crippen LogP contribution is 2.25. The van der Waals surface area contributed by atoms with Crippen LogP contribution >= 0.6 is 11.6 Å². The predicted molar refractivity (Wildman–Crippen MR) is 60.3 cm³/mol. The number of fused-ring (bicyclic) bond motifs is 1. The smallest absolute Gasteiger partial charge is 0.142 e. The Morgan fingerprint density at radius 1 is 1.53 bits per heavy atom. The Balaban J connectivity index is 2.59. The van der Waals surface area contributed by atoms with Crippen molar-refractivity contribution >= 4 is 22.5 Å². The summed E-state index contributed by atoms with van der Waals surface area (Å²) < 4.78 is 13.2. The average Bonchev–Trinajstić information content (AvgIpc) is 2.49. The first-order valence-corrected chi connectivity index (χ1v) is 4.84. The molecule has 0 aliphatic heterocycles. The van der Waals surface area contributed by atoms with Crippen LogP contribution < -0.4 is 5.73 Å². The Kier molecular flexibility index (Phi) is 2.40. The van der Waals surface area contributed by atoms with Gasteiger partial charge >= 0.3 is 0 Å². The molecule has 4 heteroatoms. The van der Waals surface area contributed by atoms with Crippen molar-refractivity contribution in [1.29, 1.82) is 0 Å². The summed E-state index contributed by atoms with van der Waals surface area (Å²) in [5, 5.41) is 0.908. The molecular formula is C11H10ClFN2. The summed E-state index contributed by atoms with van der Waals surface area (Å²) in [7, 11) is 0. The third-order valence-electron chi connectivity index (χ3n) is 2.23. The van der Waals surface area contributed by atoms with Crippen molar-refractivity contribution in [3.63, 3.8) is 0 Å². The van der Waals surface area contributed by atoms with Gasteiger partial charge in [-0.05, 0) is 17.7 Å². The Bertz CT molecular complexity index is 531. The zero-order chi connectivity index (χ0) is 11.0. The van der Waals surface area contributed by atoms with Crippen molar-refractivity contribution in [2.45, 2.75) is 6.42 Å². The fraction of sp³-hybridized carbons (Fsp3) is 0.0909. The molecule has 0 atom stereocenters. The van der Waals surface area contributed by atoms with Gasteiger partial charge in [0.1, 0.15) is 5.82 Å². The fourth-order valence-electron chi connectivity index (χ4n) is 1.57. The van der Waals surface area contributed by atoms with E-state index in [2.05, 4.69) is 11.6 Å². The fourth-order valence-corrected chi connectivity index (χ4v) is 1.73. The molecule has 0 amide bonds. The molecule has 0 spiro atoms. The lowest BCUT2D eigenvalue weighted by atomic mass is 10.1. The highest BCUT2D eigenvalue weighted by Gasteiger charge is 2.08. The monoisotopic (exact) mass is 224 g/mol. The van der Waals surface area contributed by atoms with Crippen molar-refractivity contribution in [2.75, 3.05) is 0 Å². The van der Waals surface area contributed by atoms with E-state index in [1.807, 2.05) is 0 Å². The van der Waals surface area contributed by atoms with E-state index < -0.39 is 5.82 Å². The molecule has 0 aliphatic carbocycles. The van der Waals surface area contributed by atoms with E-state index in [1.165, 1.54) is 6.07 Å². The highest BCUT2D eigenvalue weighted by atomic mass is 35.5. The topological polar surface area (TPSA) is 41.8 Å². The van der Waals surface area contributed by atoms with Gasteiger partial charge in [0, 0.05) is 29.2 Å². The zero-order valence-electron chi connectivity index (χ0n) is 7.98. The first kappa shape index (κ1) is 10.1. The molecule has 0 radical (unpaired) electrons. The zero-order valence-corrected chi connectivity index (χ0v) is 8.74. The summed E-state index contributed by atoms with van der Waals surface area (Å²) in [6, 6.07) is 2.97. The number of aromatic amines is 1. The minimum atomic E-state index is -0.423. The number of rotatable bonds is 2. The van der Waals surface area contributed by atoms with Crippen LogP contribution in [0.4, 0.5) is 4.39 Å². The predicted octanol–water partition coefficient (Wildman–Crippen LogP) is 2.98. The average molecular weight is 225 g/mol. The van der Waals surface area contributed by atoms with E-state index in [-0.39, 0.29) is 5.02 Å². The second kappa shape index (κ2) is 3.59. The molecule has 2 nitrogen and oxygen atoms in total. The lowest BCUT2D eigenvalue weighted by molar-refractivity contribution is 0.630. The van der Waals surface area contributed by atoms with E-state index in [0.29, 0.717) is 12.1 Å². The standard InChI is InChI=1S/C11H10ClFN2/c1-6(14)2-7-5-15-11-4-9(12)10(13)3-8(7)11/h3-5,15H,1-2,14H2. The molecule has 0 saturated heterocycles. The maximum Gasteiger partial charge on any atom is 0.142 e. The first-order valence-electron chi connectivity index (χ1n) is 4.46. The molecule has 2 rings (SSSR count). The molecule has 3 N–H and O–H groups in total. The molecule has 0 aliphatic rings. The lowest BCUT2D eigenvalue weighted by Crippen LogP contribution is -1.98. The van der Waals surface area contributed by atoms with Gasteiger partial charge in [-0.15, -0.1) is 0 Å². The Morgan fingerprint density at radius 2 is 2.27 bits per heavy atom. The van der Waals surface area contributed by atoms with Crippen LogP contribution in [0.5, 0.6) is 0 Å². The van der Waals surface area contributed by atoms with Gasteiger partial charge in [-0.25, -0.2) is 4.39 Å². The SMILES string of the molecule is C=C(N)Cc1c[nH]c2cc(Cl)c(F)cc12. The quantitative estimate of drug-likeness (QED) is 0.809. The van der Waals surface area contributed by atoms with E-state index in [4.69, 9.17) is 17.3 Å². The summed E-state index contributed by atoms with van der Waals surface area (Å²) in [4.78, 5) is 3.01. The van der Waals surface area contributed by atoms with Crippen molar-refractivity contribution in [3.05, 3.63) is 47.0 Å². The number of halogens is 2. The number of aromatic nitrogens is 1. The summed E-state index contributed by atoms with van der Waals surface area (Å²) in [5.74, 6) is -0.423. The van der Waals surface area contributed by atoms with Crippen LogP contribution in [0.15, 0.2) is 30.6 Å². The van der Waals surface area contributed by atoms with Gasteiger partial charge in [0.25, 0.3) is 0 Å². The number of nitrogens with one attached hydrogen (secondary N) is 1. The molecule has 0 bridgehead atoms. The first-order chi connectivity index (χ1) is 7.08. The van der Waals surface area contributed by atoms with Gasteiger partial charge < -0.3 is 10.7 Å². The second-order valence-electron chi connectivity index (χ2n) is 3.46. The second-order valence-corrected chi connectivity index (χ2v) is 3.87. The maximum absolute atomic E-state index is 13.2. The number of nitrogens with two attached hydrogens (primary N) is 1. The van der Waals surface area contributed by atoms with Crippen LogP contribution in [0.25, 0.3) is 10.9 Å². The van der Waals surface area contributed by atoms with E-state index in [1.54, 1.807) is 12.3 Å².